The van der Waals surface area contributed by atoms with Gasteiger partial charge in [-0.25, -0.2) is 13.1 Å². The SMILES string of the molecule is O=C(C=Cc1ccccc1)NC(=S)Nc1ccc(S(=O)(=O)NCCc2ccccc2)cc1. The summed E-state index contributed by atoms with van der Waals surface area (Å²) in [6.45, 7) is 0.305. The molecule has 0 aromatic heterocycles. The molecule has 3 aromatic rings. The summed E-state index contributed by atoms with van der Waals surface area (Å²) in [5.41, 5.74) is 2.52. The molecule has 0 bridgehead atoms. The number of benzene rings is 3. The van der Waals surface area contributed by atoms with Crippen LogP contribution in [0, 0.1) is 0 Å². The number of sulfonamides is 1. The van der Waals surface area contributed by atoms with Gasteiger partial charge in [0.15, 0.2) is 5.11 Å². The predicted molar refractivity (Wildman–Crippen MR) is 132 cm³/mol. The van der Waals surface area contributed by atoms with Crippen LogP contribution in [-0.2, 0) is 21.2 Å². The van der Waals surface area contributed by atoms with Crippen LogP contribution in [0.5, 0.6) is 0 Å². The topological polar surface area (TPSA) is 87.3 Å². The van der Waals surface area contributed by atoms with Crippen molar-refractivity contribution in [2.24, 2.45) is 0 Å². The number of nitrogens with one attached hydrogen (secondary N) is 3. The Kier molecular flexibility index (Phi) is 8.27. The number of thiocarbonyl (C=S) groups is 1. The molecule has 3 aromatic carbocycles. The van der Waals surface area contributed by atoms with E-state index in [1.165, 1.54) is 18.2 Å². The molecule has 0 fully saturated rings. The molecule has 3 N–H and O–H groups in total. The molecule has 3 rings (SSSR count). The quantitative estimate of drug-likeness (QED) is 0.349. The molecule has 0 saturated carbocycles. The Labute approximate surface area is 193 Å². The molecule has 6 nitrogen and oxygen atoms in total. The summed E-state index contributed by atoms with van der Waals surface area (Å²) in [7, 11) is -3.62. The van der Waals surface area contributed by atoms with Crippen molar-refractivity contribution >= 4 is 45.0 Å². The number of hydrogen-bond acceptors (Lipinski definition) is 4. The summed E-state index contributed by atoms with van der Waals surface area (Å²) in [4.78, 5) is 12.1. The second kappa shape index (κ2) is 11.3. The number of amides is 1. The highest BCUT2D eigenvalue weighted by Crippen LogP contribution is 2.14. The normalized spacial score (nSPS) is 11.2. The fourth-order valence-electron chi connectivity index (χ4n) is 2.83. The van der Waals surface area contributed by atoms with Gasteiger partial charge in [-0.05, 0) is 60.1 Å². The van der Waals surface area contributed by atoms with Crippen LogP contribution in [0.1, 0.15) is 11.1 Å². The lowest BCUT2D eigenvalue weighted by Gasteiger charge is -2.10. The van der Waals surface area contributed by atoms with Gasteiger partial charge in [0, 0.05) is 18.3 Å². The molecule has 0 spiro atoms. The Bertz CT molecular complexity index is 1180. The third-order valence-corrected chi connectivity index (χ3v) is 6.12. The third kappa shape index (κ3) is 7.42. The standard InChI is InChI=1S/C24H23N3O3S2/c28-23(16-11-19-7-3-1-4-8-19)27-24(31)26-21-12-14-22(15-13-21)32(29,30)25-18-17-20-9-5-2-6-10-20/h1-16,25H,17-18H2,(H2,26,27,28,31). The molecule has 0 atom stereocenters. The van der Waals surface area contributed by atoms with E-state index in [-0.39, 0.29) is 15.9 Å². The Balaban J connectivity index is 1.49. The zero-order valence-electron chi connectivity index (χ0n) is 17.2. The molecular formula is C24H23N3O3S2. The predicted octanol–water partition coefficient (Wildman–Crippen LogP) is 3.73. The van der Waals surface area contributed by atoms with Crippen molar-refractivity contribution in [3.05, 3.63) is 102 Å². The van der Waals surface area contributed by atoms with Crippen LogP contribution in [0.3, 0.4) is 0 Å². The van der Waals surface area contributed by atoms with E-state index >= 15 is 0 Å². The zero-order valence-corrected chi connectivity index (χ0v) is 18.8. The molecular weight excluding hydrogens is 442 g/mol. The molecule has 0 radical (unpaired) electrons. The van der Waals surface area contributed by atoms with Gasteiger partial charge in [-0.2, -0.15) is 0 Å². The molecule has 0 saturated heterocycles. The van der Waals surface area contributed by atoms with Crippen LogP contribution < -0.4 is 15.4 Å². The Morgan fingerprint density at radius 2 is 1.50 bits per heavy atom. The van der Waals surface area contributed by atoms with Crippen LogP contribution in [0.15, 0.2) is 95.9 Å². The van der Waals surface area contributed by atoms with E-state index in [9.17, 15) is 13.2 Å². The first kappa shape index (κ1) is 23.3. The van der Waals surface area contributed by atoms with Gasteiger partial charge >= 0.3 is 0 Å². The van der Waals surface area contributed by atoms with Gasteiger partial charge in [0.05, 0.1) is 4.90 Å². The maximum absolute atomic E-state index is 12.5. The first-order valence-corrected chi connectivity index (χ1v) is 11.8. The van der Waals surface area contributed by atoms with Gasteiger partial charge in [0.1, 0.15) is 0 Å². The molecule has 0 heterocycles. The number of carbonyl (C=O) groups is 1. The maximum Gasteiger partial charge on any atom is 0.250 e. The monoisotopic (exact) mass is 465 g/mol. The van der Waals surface area contributed by atoms with Crippen LogP contribution in [-0.4, -0.2) is 26.0 Å². The lowest BCUT2D eigenvalue weighted by molar-refractivity contribution is -0.115. The molecule has 164 valence electrons. The molecule has 1 amide bonds. The van der Waals surface area contributed by atoms with E-state index in [0.29, 0.717) is 18.7 Å². The van der Waals surface area contributed by atoms with E-state index in [0.717, 1.165) is 11.1 Å². The van der Waals surface area contributed by atoms with Crippen molar-refractivity contribution in [2.75, 3.05) is 11.9 Å². The smallest absolute Gasteiger partial charge is 0.250 e. The summed E-state index contributed by atoms with van der Waals surface area (Å²) < 4.78 is 27.5. The van der Waals surface area contributed by atoms with Gasteiger partial charge < -0.3 is 5.32 Å². The fourth-order valence-corrected chi connectivity index (χ4v) is 4.08. The first-order valence-electron chi connectivity index (χ1n) is 9.91. The Morgan fingerprint density at radius 3 is 2.16 bits per heavy atom. The molecule has 0 aliphatic rings. The van der Waals surface area contributed by atoms with Crippen LogP contribution in [0.2, 0.25) is 0 Å². The van der Waals surface area contributed by atoms with Gasteiger partial charge in [-0.3, -0.25) is 10.1 Å². The third-order valence-electron chi connectivity index (χ3n) is 4.43. The minimum Gasteiger partial charge on any atom is -0.332 e. The Hall–Kier alpha value is -3.33. The van der Waals surface area contributed by atoms with Crippen molar-refractivity contribution in [1.29, 1.82) is 0 Å². The van der Waals surface area contributed by atoms with Crippen molar-refractivity contribution in [3.63, 3.8) is 0 Å². The average Bonchev–Trinajstić information content (AvgIpc) is 2.79. The number of rotatable bonds is 8. The molecule has 8 heteroatoms. The number of carbonyl (C=O) groups excluding carboxylic acids is 1. The number of hydrogen-bond donors (Lipinski definition) is 3. The van der Waals surface area contributed by atoms with Crippen LogP contribution >= 0.6 is 12.2 Å². The van der Waals surface area contributed by atoms with Crippen molar-refractivity contribution in [3.8, 4) is 0 Å². The number of anilines is 1. The largest absolute Gasteiger partial charge is 0.332 e. The molecule has 0 aliphatic heterocycles. The highest BCUT2D eigenvalue weighted by molar-refractivity contribution is 7.89. The second-order valence-corrected chi connectivity index (χ2v) is 9.02. The van der Waals surface area contributed by atoms with Gasteiger partial charge in [0.2, 0.25) is 15.9 Å². The lowest BCUT2D eigenvalue weighted by Crippen LogP contribution is -2.32. The summed E-state index contributed by atoms with van der Waals surface area (Å²) >= 11 is 5.15. The minimum absolute atomic E-state index is 0.115. The molecule has 32 heavy (non-hydrogen) atoms. The summed E-state index contributed by atoms with van der Waals surface area (Å²) in [6, 6.07) is 25.2. The van der Waals surface area contributed by atoms with E-state index in [2.05, 4.69) is 15.4 Å². The maximum atomic E-state index is 12.5. The highest BCUT2D eigenvalue weighted by Gasteiger charge is 2.13. The first-order chi connectivity index (χ1) is 15.4. The van der Waals surface area contributed by atoms with E-state index in [1.54, 1.807) is 18.2 Å². The second-order valence-electron chi connectivity index (χ2n) is 6.85. The molecule has 0 aliphatic carbocycles. The van der Waals surface area contributed by atoms with Gasteiger partial charge in [-0.15, -0.1) is 0 Å². The van der Waals surface area contributed by atoms with Crippen LogP contribution in [0.4, 0.5) is 5.69 Å². The minimum atomic E-state index is -3.62. The average molecular weight is 466 g/mol. The van der Waals surface area contributed by atoms with Crippen molar-refractivity contribution < 1.29 is 13.2 Å². The van der Waals surface area contributed by atoms with E-state index in [4.69, 9.17) is 12.2 Å². The van der Waals surface area contributed by atoms with E-state index < -0.39 is 10.0 Å². The van der Waals surface area contributed by atoms with Crippen molar-refractivity contribution in [2.45, 2.75) is 11.3 Å². The van der Waals surface area contributed by atoms with E-state index in [1.807, 2.05) is 60.7 Å². The fraction of sp³-hybridized carbons (Fsp3) is 0.0833. The lowest BCUT2D eigenvalue weighted by atomic mass is 10.2. The van der Waals surface area contributed by atoms with Crippen molar-refractivity contribution in [1.82, 2.24) is 10.0 Å². The van der Waals surface area contributed by atoms with Gasteiger partial charge in [-0.1, -0.05) is 60.7 Å². The summed E-state index contributed by atoms with van der Waals surface area (Å²) in [5.74, 6) is -0.367. The molecule has 0 unspecified atom stereocenters. The highest BCUT2D eigenvalue weighted by atomic mass is 32.2. The van der Waals surface area contributed by atoms with Gasteiger partial charge in [0.25, 0.3) is 0 Å². The zero-order chi connectivity index (χ0) is 22.8. The summed E-state index contributed by atoms with van der Waals surface area (Å²) in [6.07, 6.45) is 3.68. The Morgan fingerprint density at radius 1 is 0.875 bits per heavy atom. The van der Waals surface area contributed by atoms with Crippen LogP contribution in [0.25, 0.3) is 6.08 Å². The summed E-state index contributed by atoms with van der Waals surface area (Å²) in [5, 5.41) is 5.53.